The molecule has 0 bridgehead atoms. The number of likely N-dealkylation sites (tertiary alicyclic amines) is 1. The first-order chi connectivity index (χ1) is 18.1. The predicted octanol–water partition coefficient (Wildman–Crippen LogP) is 5.26. The number of hydrogen-bond donors (Lipinski definition) is 1. The Balaban J connectivity index is 1.56. The molecule has 5 rings (SSSR count). The number of hydrogen-bond acceptors (Lipinski definition) is 6. The van der Waals surface area contributed by atoms with Gasteiger partial charge < -0.3 is 24.2 Å². The molecule has 1 amide bonds. The molecule has 1 atom stereocenters. The molecule has 190 valence electrons. The predicted molar refractivity (Wildman–Crippen MR) is 139 cm³/mol. The van der Waals surface area contributed by atoms with Crippen molar-refractivity contribution in [3.8, 4) is 17.2 Å². The molecule has 0 unspecified atom stereocenters. The first-order valence-electron chi connectivity index (χ1n) is 12.5. The minimum atomic E-state index is -0.766. The lowest BCUT2D eigenvalue weighted by molar-refractivity contribution is -0.140. The van der Waals surface area contributed by atoms with Crippen LogP contribution in [0.1, 0.15) is 42.5 Å². The van der Waals surface area contributed by atoms with Crippen molar-refractivity contribution in [1.82, 2.24) is 4.90 Å². The zero-order chi connectivity index (χ0) is 25.8. The first-order valence-corrected chi connectivity index (χ1v) is 12.5. The maximum absolute atomic E-state index is 13.3. The molecule has 7 nitrogen and oxygen atoms in total. The maximum atomic E-state index is 13.3. The highest BCUT2D eigenvalue weighted by Crippen LogP contribution is 2.42. The third-order valence-corrected chi connectivity index (χ3v) is 6.51. The molecule has 3 aromatic rings. The Bertz CT molecular complexity index is 1320. The number of ether oxygens (including phenoxy) is 3. The van der Waals surface area contributed by atoms with E-state index >= 15 is 0 Å². The second-order valence-corrected chi connectivity index (χ2v) is 9.04. The van der Waals surface area contributed by atoms with Crippen LogP contribution in [0.4, 0.5) is 0 Å². The maximum Gasteiger partial charge on any atom is 0.295 e. The van der Waals surface area contributed by atoms with E-state index in [1.54, 1.807) is 18.2 Å². The van der Waals surface area contributed by atoms with Crippen LogP contribution in [0.2, 0.25) is 0 Å². The van der Waals surface area contributed by atoms with Gasteiger partial charge in [-0.2, -0.15) is 0 Å². The van der Waals surface area contributed by atoms with Crippen molar-refractivity contribution in [2.45, 2.75) is 32.4 Å². The summed E-state index contributed by atoms with van der Waals surface area (Å²) in [6.07, 6.45) is 1.99. The third-order valence-electron chi connectivity index (χ3n) is 6.51. The van der Waals surface area contributed by atoms with Crippen LogP contribution in [0.15, 0.2) is 78.4 Å². The van der Waals surface area contributed by atoms with Crippen molar-refractivity contribution in [3.05, 3.63) is 95.1 Å². The number of ketones is 1. The van der Waals surface area contributed by atoms with Crippen LogP contribution < -0.4 is 14.2 Å². The van der Waals surface area contributed by atoms with Crippen molar-refractivity contribution < 1.29 is 28.9 Å². The number of Topliss-reactive ketones (excluding diaryl/α,β-unsaturated/α-hetero) is 1. The molecular formula is C30H29NO6. The highest BCUT2D eigenvalue weighted by molar-refractivity contribution is 6.46. The molecule has 37 heavy (non-hydrogen) atoms. The summed E-state index contributed by atoms with van der Waals surface area (Å²) in [7, 11) is 0. The Hall–Kier alpha value is -4.26. The van der Waals surface area contributed by atoms with Gasteiger partial charge in [0.1, 0.15) is 24.7 Å². The lowest BCUT2D eigenvalue weighted by atomic mass is 9.95. The second kappa shape index (κ2) is 10.8. The average Bonchev–Trinajstić information content (AvgIpc) is 3.18. The number of amides is 1. The van der Waals surface area contributed by atoms with E-state index in [2.05, 4.69) is 6.92 Å². The Kier molecular flexibility index (Phi) is 7.12. The van der Waals surface area contributed by atoms with Gasteiger partial charge in [0.15, 0.2) is 11.5 Å². The fourth-order valence-electron chi connectivity index (χ4n) is 4.60. The third kappa shape index (κ3) is 5.03. The Labute approximate surface area is 215 Å². The van der Waals surface area contributed by atoms with E-state index in [9.17, 15) is 14.7 Å². The fourth-order valence-corrected chi connectivity index (χ4v) is 4.60. The molecule has 1 fully saturated rings. The van der Waals surface area contributed by atoms with Gasteiger partial charge in [-0.15, -0.1) is 0 Å². The Morgan fingerprint density at radius 1 is 0.973 bits per heavy atom. The van der Waals surface area contributed by atoms with Gasteiger partial charge in [-0.05, 0) is 47.9 Å². The molecule has 0 radical (unpaired) electrons. The summed E-state index contributed by atoms with van der Waals surface area (Å²) in [6, 6.07) is 21.1. The molecule has 7 heteroatoms. The van der Waals surface area contributed by atoms with E-state index in [-0.39, 0.29) is 17.9 Å². The molecule has 3 aromatic carbocycles. The largest absolute Gasteiger partial charge is 0.507 e. The van der Waals surface area contributed by atoms with E-state index in [0.29, 0.717) is 48.2 Å². The van der Waals surface area contributed by atoms with Crippen molar-refractivity contribution in [2.24, 2.45) is 0 Å². The van der Waals surface area contributed by atoms with E-state index in [1.807, 2.05) is 54.6 Å². The zero-order valence-corrected chi connectivity index (χ0v) is 20.7. The summed E-state index contributed by atoms with van der Waals surface area (Å²) in [5, 5.41) is 11.4. The van der Waals surface area contributed by atoms with Crippen LogP contribution in [-0.2, 0) is 16.1 Å². The van der Waals surface area contributed by atoms with Crippen LogP contribution in [0.5, 0.6) is 17.2 Å². The fraction of sp³-hybridized carbons (Fsp3) is 0.267. The summed E-state index contributed by atoms with van der Waals surface area (Å²) in [5.74, 6) is 0.137. The van der Waals surface area contributed by atoms with E-state index in [4.69, 9.17) is 14.2 Å². The normalized spacial score (nSPS) is 18.2. The van der Waals surface area contributed by atoms with E-state index in [0.717, 1.165) is 18.4 Å². The molecular weight excluding hydrogens is 470 g/mol. The standard InChI is InChI=1S/C30H29NO6/c1-2-3-15-35-23-12-9-21(10-13-23)27-26(28(32)22-11-14-24-25(18-22)37-17-16-36-24)29(33)30(34)31(27)19-20-7-5-4-6-8-20/h4-14,18,27,32H,2-3,15-17,19H2,1H3/b28-26+/t27-/m1/s1. The summed E-state index contributed by atoms with van der Waals surface area (Å²) < 4.78 is 17.0. The number of unbranched alkanes of at least 4 members (excludes halogenated alkanes) is 1. The van der Waals surface area contributed by atoms with Crippen molar-refractivity contribution in [3.63, 3.8) is 0 Å². The van der Waals surface area contributed by atoms with Gasteiger partial charge in [0.05, 0.1) is 18.2 Å². The van der Waals surface area contributed by atoms with Gasteiger partial charge in [-0.1, -0.05) is 55.8 Å². The highest BCUT2D eigenvalue weighted by Gasteiger charge is 2.46. The molecule has 1 N–H and O–H groups in total. The molecule has 1 saturated heterocycles. The van der Waals surface area contributed by atoms with Gasteiger partial charge in [-0.3, -0.25) is 9.59 Å². The molecule has 2 aliphatic heterocycles. The van der Waals surface area contributed by atoms with Crippen LogP contribution in [-0.4, -0.2) is 41.5 Å². The average molecular weight is 500 g/mol. The van der Waals surface area contributed by atoms with Crippen molar-refractivity contribution >= 4 is 17.4 Å². The number of nitrogens with zero attached hydrogens (tertiary/aromatic N) is 1. The summed E-state index contributed by atoms with van der Waals surface area (Å²) in [6.45, 7) is 3.78. The highest BCUT2D eigenvalue weighted by atomic mass is 16.6. The SMILES string of the molecule is CCCCOc1ccc([C@@H]2/C(=C(\O)c3ccc4c(c3)OCCO4)C(=O)C(=O)N2Cc2ccccc2)cc1. The van der Waals surface area contributed by atoms with Gasteiger partial charge in [0, 0.05) is 12.1 Å². The summed E-state index contributed by atoms with van der Waals surface area (Å²) in [5.41, 5.74) is 2.01. The Morgan fingerprint density at radius 2 is 1.70 bits per heavy atom. The number of fused-ring (bicyclic) bond motifs is 1. The number of aliphatic hydroxyl groups excluding tert-OH is 1. The lowest BCUT2D eigenvalue weighted by Gasteiger charge is -2.26. The first kappa shape index (κ1) is 24.4. The quantitative estimate of drug-likeness (QED) is 0.197. The molecule has 0 aliphatic carbocycles. The van der Waals surface area contributed by atoms with Crippen LogP contribution in [0, 0.1) is 0 Å². The molecule has 0 aromatic heterocycles. The van der Waals surface area contributed by atoms with Crippen molar-refractivity contribution in [2.75, 3.05) is 19.8 Å². The smallest absolute Gasteiger partial charge is 0.295 e. The van der Waals surface area contributed by atoms with Gasteiger partial charge in [0.25, 0.3) is 11.7 Å². The monoisotopic (exact) mass is 499 g/mol. The number of carbonyl (C=O) groups is 2. The number of aliphatic hydroxyl groups is 1. The van der Waals surface area contributed by atoms with Crippen LogP contribution >= 0.6 is 0 Å². The van der Waals surface area contributed by atoms with Gasteiger partial charge in [0.2, 0.25) is 0 Å². The Morgan fingerprint density at radius 3 is 2.43 bits per heavy atom. The zero-order valence-electron chi connectivity index (χ0n) is 20.7. The van der Waals surface area contributed by atoms with E-state index < -0.39 is 17.7 Å². The van der Waals surface area contributed by atoms with Crippen LogP contribution in [0.25, 0.3) is 5.76 Å². The van der Waals surface area contributed by atoms with Crippen molar-refractivity contribution in [1.29, 1.82) is 0 Å². The number of benzene rings is 3. The van der Waals surface area contributed by atoms with Gasteiger partial charge >= 0.3 is 0 Å². The molecule has 0 saturated carbocycles. The molecule has 0 spiro atoms. The van der Waals surface area contributed by atoms with E-state index in [1.165, 1.54) is 4.90 Å². The van der Waals surface area contributed by atoms with Crippen LogP contribution in [0.3, 0.4) is 0 Å². The topological polar surface area (TPSA) is 85.3 Å². The minimum absolute atomic E-state index is 0.0391. The molecule has 2 heterocycles. The summed E-state index contributed by atoms with van der Waals surface area (Å²) in [4.78, 5) is 28.1. The second-order valence-electron chi connectivity index (χ2n) is 9.04. The summed E-state index contributed by atoms with van der Waals surface area (Å²) >= 11 is 0. The lowest BCUT2D eigenvalue weighted by Crippen LogP contribution is -2.29. The number of rotatable bonds is 8. The minimum Gasteiger partial charge on any atom is -0.507 e. The number of carbonyl (C=O) groups excluding carboxylic acids is 2. The van der Waals surface area contributed by atoms with Gasteiger partial charge in [-0.25, -0.2) is 0 Å². The molecule has 2 aliphatic rings.